The Balaban J connectivity index is 1.75. The minimum Gasteiger partial charge on any atom is -0.367 e. The lowest BCUT2D eigenvalue weighted by Crippen LogP contribution is -2.43. The van der Waals surface area contributed by atoms with E-state index < -0.39 is 0 Å². The number of hydrogen-bond donors (Lipinski definition) is 1. The number of aromatic amines is 1. The van der Waals surface area contributed by atoms with Gasteiger partial charge in [-0.3, -0.25) is 14.7 Å². The number of rotatable bonds is 3. The van der Waals surface area contributed by atoms with Crippen molar-refractivity contribution < 1.29 is 9.53 Å². The van der Waals surface area contributed by atoms with Gasteiger partial charge in [-0.1, -0.05) is 13.8 Å². The van der Waals surface area contributed by atoms with E-state index >= 15 is 0 Å². The first-order valence-electron chi connectivity index (χ1n) is 7.83. The molecule has 1 saturated heterocycles. The largest absolute Gasteiger partial charge is 0.367 e. The third-order valence-electron chi connectivity index (χ3n) is 3.87. The number of amides is 1. The molecule has 9 nitrogen and oxygen atoms in total. The minimum absolute atomic E-state index is 0.214. The molecule has 3 rings (SSSR count). The van der Waals surface area contributed by atoms with Gasteiger partial charge in [0.25, 0.3) is 11.5 Å². The summed E-state index contributed by atoms with van der Waals surface area (Å²) in [4.78, 5) is 30.1. The molecule has 1 atom stereocenters. The van der Waals surface area contributed by atoms with Crippen LogP contribution in [0.2, 0.25) is 0 Å². The van der Waals surface area contributed by atoms with Gasteiger partial charge in [0.1, 0.15) is 11.8 Å². The Morgan fingerprint density at radius 3 is 2.88 bits per heavy atom. The van der Waals surface area contributed by atoms with E-state index in [0.717, 1.165) is 10.5 Å². The van der Waals surface area contributed by atoms with Gasteiger partial charge in [-0.05, 0) is 6.07 Å². The molecule has 0 spiro atoms. The zero-order valence-corrected chi connectivity index (χ0v) is 13.9. The molecule has 2 aromatic rings. The van der Waals surface area contributed by atoms with E-state index in [2.05, 4.69) is 20.3 Å². The van der Waals surface area contributed by atoms with Crippen LogP contribution in [-0.4, -0.2) is 55.5 Å². The number of nitrogens with one attached hydrogen (secondary N) is 1. The van der Waals surface area contributed by atoms with Crippen LogP contribution in [0.3, 0.4) is 0 Å². The summed E-state index contributed by atoms with van der Waals surface area (Å²) < 4.78 is 6.86. The quantitative estimate of drug-likeness (QED) is 0.863. The number of aromatic nitrogens is 5. The maximum absolute atomic E-state index is 12.6. The van der Waals surface area contributed by atoms with Crippen molar-refractivity contribution in [3.63, 3.8) is 0 Å². The number of H-pyrrole nitrogens is 1. The fourth-order valence-corrected chi connectivity index (χ4v) is 2.47. The summed E-state index contributed by atoms with van der Waals surface area (Å²) in [6.45, 7) is 5.24. The number of ether oxygens (including phenoxy) is 1. The van der Waals surface area contributed by atoms with Gasteiger partial charge in [-0.15, -0.1) is 0 Å². The van der Waals surface area contributed by atoms with Crippen LogP contribution in [0, 0.1) is 0 Å². The van der Waals surface area contributed by atoms with Crippen molar-refractivity contribution >= 4 is 5.91 Å². The van der Waals surface area contributed by atoms with Crippen molar-refractivity contribution in [2.24, 2.45) is 7.05 Å². The van der Waals surface area contributed by atoms with Gasteiger partial charge in [0, 0.05) is 25.6 Å². The Bertz CT molecular complexity index is 797. The van der Waals surface area contributed by atoms with Gasteiger partial charge < -0.3 is 9.64 Å². The number of carbonyl (C=O) groups excluding carboxylic acids is 1. The fourth-order valence-electron chi connectivity index (χ4n) is 2.47. The third kappa shape index (κ3) is 3.21. The number of aryl methyl sites for hydroxylation is 1. The Labute approximate surface area is 138 Å². The molecule has 9 heteroatoms. The first-order chi connectivity index (χ1) is 11.5. The van der Waals surface area contributed by atoms with E-state index in [0.29, 0.717) is 25.5 Å². The molecule has 0 aromatic carbocycles. The molecule has 2 aromatic heterocycles. The number of morpholine rings is 1. The zero-order valence-electron chi connectivity index (χ0n) is 13.9. The van der Waals surface area contributed by atoms with Gasteiger partial charge in [-0.25, -0.2) is 9.67 Å². The summed E-state index contributed by atoms with van der Waals surface area (Å²) in [6.07, 6.45) is -0.352. The number of nitrogens with zero attached hydrogens (tertiary/aromatic N) is 5. The maximum Gasteiger partial charge on any atom is 0.274 e. The van der Waals surface area contributed by atoms with E-state index in [1.807, 2.05) is 13.8 Å². The molecule has 0 aliphatic carbocycles. The summed E-state index contributed by atoms with van der Waals surface area (Å²) in [7, 11) is 1.52. The highest BCUT2D eigenvalue weighted by Crippen LogP contribution is 2.21. The molecule has 128 valence electrons. The SMILES string of the molecule is CC(C)c1n[nH]c(C2CN(C(=O)c3ccc(=O)n(C)n3)CCO2)n1. The van der Waals surface area contributed by atoms with E-state index in [4.69, 9.17) is 4.74 Å². The molecule has 1 aliphatic heterocycles. The van der Waals surface area contributed by atoms with E-state index in [1.165, 1.54) is 19.2 Å². The Kier molecular flexibility index (Phi) is 4.43. The molecular formula is C15H20N6O3. The predicted octanol–water partition coefficient (Wildman–Crippen LogP) is 0.235. The van der Waals surface area contributed by atoms with Gasteiger partial charge >= 0.3 is 0 Å². The van der Waals surface area contributed by atoms with Crippen LogP contribution in [0.5, 0.6) is 0 Å². The van der Waals surface area contributed by atoms with Gasteiger partial charge in [0.05, 0.1) is 13.2 Å². The summed E-state index contributed by atoms with van der Waals surface area (Å²) in [6, 6.07) is 2.78. The predicted molar refractivity (Wildman–Crippen MR) is 84.5 cm³/mol. The molecule has 0 saturated carbocycles. The Hall–Kier alpha value is -2.55. The highest BCUT2D eigenvalue weighted by atomic mass is 16.5. The molecule has 3 heterocycles. The lowest BCUT2D eigenvalue weighted by atomic mass is 10.2. The molecule has 0 bridgehead atoms. The Morgan fingerprint density at radius 1 is 1.42 bits per heavy atom. The van der Waals surface area contributed by atoms with E-state index in [-0.39, 0.29) is 29.2 Å². The van der Waals surface area contributed by atoms with Crippen LogP contribution in [0.15, 0.2) is 16.9 Å². The van der Waals surface area contributed by atoms with Crippen molar-refractivity contribution in [2.75, 3.05) is 19.7 Å². The van der Waals surface area contributed by atoms with Crippen LogP contribution in [0.25, 0.3) is 0 Å². The summed E-state index contributed by atoms with van der Waals surface area (Å²) >= 11 is 0. The first kappa shape index (κ1) is 16.3. The fraction of sp³-hybridized carbons (Fsp3) is 0.533. The van der Waals surface area contributed by atoms with E-state index in [1.54, 1.807) is 4.90 Å². The normalized spacial score (nSPS) is 18.2. The molecule has 1 amide bonds. The average molecular weight is 332 g/mol. The first-order valence-corrected chi connectivity index (χ1v) is 7.83. The van der Waals surface area contributed by atoms with Crippen LogP contribution in [0.1, 0.15) is 48.0 Å². The minimum atomic E-state index is -0.352. The van der Waals surface area contributed by atoms with Crippen molar-refractivity contribution in [1.82, 2.24) is 29.9 Å². The summed E-state index contributed by atoms with van der Waals surface area (Å²) in [5.41, 5.74) is -0.0209. The summed E-state index contributed by atoms with van der Waals surface area (Å²) in [5, 5.41) is 11.1. The molecule has 24 heavy (non-hydrogen) atoms. The second-order valence-electron chi connectivity index (χ2n) is 6.02. The summed E-state index contributed by atoms with van der Waals surface area (Å²) in [5.74, 6) is 1.31. The molecular weight excluding hydrogens is 312 g/mol. The number of hydrogen-bond acceptors (Lipinski definition) is 6. The zero-order chi connectivity index (χ0) is 17.3. The van der Waals surface area contributed by atoms with E-state index in [9.17, 15) is 9.59 Å². The lowest BCUT2D eigenvalue weighted by Gasteiger charge is -2.31. The van der Waals surface area contributed by atoms with Crippen molar-refractivity contribution in [2.45, 2.75) is 25.9 Å². The van der Waals surface area contributed by atoms with Crippen LogP contribution >= 0.6 is 0 Å². The van der Waals surface area contributed by atoms with Gasteiger partial charge in [-0.2, -0.15) is 10.2 Å². The molecule has 1 unspecified atom stereocenters. The number of carbonyl (C=O) groups is 1. The van der Waals surface area contributed by atoms with Crippen molar-refractivity contribution in [3.8, 4) is 0 Å². The van der Waals surface area contributed by atoms with Crippen LogP contribution in [-0.2, 0) is 11.8 Å². The second-order valence-corrected chi connectivity index (χ2v) is 6.02. The highest BCUT2D eigenvalue weighted by Gasteiger charge is 2.29. The second kappa shape index (κ2) is 6.52. The maximum atomic E-state index is 12.6. The van der Waals surface area contributed by atoms with Crippen LogP contribution in [0.4, 0.5) is 0 Å². The lowest BCUT2D eigenvalue weighted by molar-refractivity contribution is -0.0269. The smallest absolute Gasteiger partial charge is 0.274 e. The highest BCUT2D eigenvalue weighted by molar-refractivity contribution is 5.92. The monoisotopic (exact) mass is 332 g/mol. The molecule has 1 fully saturated rings. The van der Waals surface area contributed by atoms with Gasteiger partial charge in [0.15, 0.2) is 11.6 Å². The average Bonchev–Trinajstić information content (AvgIpc) is 3.07. The Morgan fingerprint density at radius 2 is 2.21 bits per heavy atom. The third-order valence-corrected chi connectivity index (χ3v) is 3.87. The van der Waals surface area contributed by atoms with Crippen molar-refractivity contribution in [1.29, 1.82) is 0 Å². The molecule has 1 aliphatic rings. The van der Waals surface area contributed by atoms with Gasteiger partial charge in [0.2, 0.25) is 0 Å². The molecule has 0 radical (unpaired) electrons. The standard InChI is InChI=1S/C15H20N6O3/c1-9(2)13-16-14(18-17-13)11-8-21(6-7-24-11)15(23)10-4-5-12(22)20(3)19-10/h4-5,9,11H,6-8H2,1-3H3,(H,16,17,18). The molecule has 1 N–H and O–H groups in total. The topological polar surface area (TPSA) is 106 Å². The van der Waals surface area contributed by atoms with Crippen molar-refractivity contribution in [3.05, 3.63) is 39.8 Å². The van der Waals surface area contributed by atoms with Crippen LogP contribution < -0.4 is 5.56 Å².